The van der Waals surface area contributed by atoms with E-state index >= 15 is 0 Å². The summed E-state index contributed by atoms with van der Waals surface area (Å²) in [5.74, 6) is -3.45. The molecule has 2 N–H and O–H groups in total. The Morgan fingerprint density at radius 1 is 0.773 bits per heavy atom. The van der Waals surface area contributed by atoms with Gasteiger partial charge in [0.1, 0.15) is 11.6 Å². The lowest BCUT2D eigenvalue weighted by Crippen LogP contribution is -2.30. The van der Waals surface area contributed by atoms with E-state index in [-0.39, 0.29) is 11.4 Å². The lowest BCUT2D eigenvalue weighted by molar-refractivity contribution is -0.133. The molecule has 22 heavy (non-hydrogen) atoms. The Bertz CT molecular complexity index is 641. The Balaban J connectivity index is 2.15. The summed E-state index contributed by atoms with van der Waals surface area (Å²) in [5, 5.41) is 4.38. The molecule has 0 saturated carbocycles. The highest BCUT2D eigenvalue weighted by atomic mass is 19.1. The van der Waals surface area contributed by atoms with Crippen molar-refractivity contribution in [2.45, 2.75) is 13.8 Å². The minimum Gasteiger partial charge on any atom is -0.315 e. The molecule has 0 fully saturated rings. The van der Waals surface area contributed by atoms with E-state index in [1.807, 2.05) is 0 Å². The number of hydrogen-bond acceptors (Lipinski definition) is 2. The molecule has 2 aromatic carbocycles. The standard InChI is InChI=1S/C16H14F2N2O2/c1-9-5-3-7-11(17)13(9)19-15(21)16(22)20-14-10(2)6-4-8-12(14)18/h3-8H,1-2H3,(H,19,21)(H,20,22). The van der Waals surface area contributed by atoms with Gasteiger partial charge in [0.15, 0.2) is 0 Å². The van der Waals surface area contributed by atoms with E-state index in [4.69, 9.17) is 0 Å². The average Bonchev–Trinajstić information content (AvgIpc) is 2.46. The molecule has 0 aliphatic rings. The fraction of sp³-hybridized carbons (Fsp3) is 0.125. The molecule has 0 unspecified atom stereocenters. The van der Waals surface area contributed by atoms with Gasteiger partial charge in [0.05, 0.1) is 11.4 Å². The summed E-state index contributed by atoms with van der Waals surface area (Å²) in [7, 11) is 0. The van der Waals surface area contributed by atoms with Gasteiger partial charge >= 0.3 is 11.8 Å². The molecule has 0 saturated heterocycles. The summed E-state index contributed by atoms with van der Waals surface area (Å²) in [4.78, 5) is 23.7. The highest BCUT2D eigenvalue weighted by Crippen LogP contribution is 2.20. The van der Waals surface area contributed by atoms with E-state index in [1.165, 1.54) is 24.3 Å². The van der Waals surface area contributed by atoms with E-state index in [9.17, 15) is 18.4 Å². The molecule has 114 valence electrons. The van der Waals surface area contributed by atoms with Gasteiger partial charge in [-0.15, -0.1) is 0 Å². The Labute approximate surface area is 126 Å². The number of nitrogens with one attached hydrogen (secondary N) is 2. The molecule has 0 bridgehead atoms. The van der Waals surface area contributed by atoms with Crippen LogP contribution in [0.4, 0.5) is 20.2 Å². The van der Waals surface area contributed by atoms with E-state index in [0.29, 0.717) is 11.1 Å². The quantitative estimate of drug-likeness (QED) is 0.837. The lowest BCUT2D eigenvalue weighted by atomic mass is 10.2. The van der Waals surface area contributed by atoms with Gasteiger partial charge in [-0.25, -0.2) is 8.78 Å². The van der Waals surface area contributed by atoms with Crippen LogP contribution in [0.1, 0.15) is 11.1 Å². The van der Waals surface area contributed by atoms with Crippen LogP contribution in [0.5, 0.6) is 0 Å². The van der Waals surface area contributed by atoms with Crippen molar-refractivity contribution >= 4 is 23.2 Å². The number of rotatable bonds is 2. The highest BCUT2D eigenvalue weighted by molar-refractivity contribution is 6.43. The van der Waals surface area contributed by atoms with Crippen LogP contribution in [0.25, 0.3) is 0 Å². The van der Waals surface area contributed by atoms with Crippen LogP contribution in [-0.2, 0) is 9.59 Å². The normalized spacial score (nSPS) is 10.2. The summed E-state index contributed by atoms with van der Waals surface area (Å²) in [6, 6.07) is 8.50. The molecule has 0 radical (unpaired) electrons. The molecular weight excluding hydrogens is 290 g/mol. The number of halogens is 2. The zero-order chi connectivity index (χ0) is 16.3. The van der Waals surface area contributed by atoms with E-state index in [1.54, 1.807) is 26.0 Å². The molecule has 0 atom stereocenters. The van der Waals surface area contributed by atoms with Gasteiger partial charge in [-0.1, -0.05) is 24.3 Å². The number of para-hydroxylation sites is 2. The van der Waals surface area contributed by atoms with Gasteiger partial charge in [-0.05, 0) is 37.1 Å². The minimum absolute atomic E-state index is 0.0760. The topological polar surface area (TPSA) is 58.2 Å². The predicted molar refractivity (Wildman–Crippen MR) is 79.5 cm³/mol. The average molecular weight is 304 g/mol. The Kier molecular flexibility index (Phi) is 4.50. The maximum Gasteiger partial charge on any atom is 0.314 e. The van der Waals surface area contributed by atoms with Gasteiger partial charge in [-0.3, -0.25) is 9.59 Å². The Hall–Kier alpha value is -2.76. The van der Waals surface area contributed by atoms with Crippen LogP contribution in [0.3, 0.4) is 0 Å². The van der Waals surface area contributed by atoms with Crippen LogP contribution in [0, 0.1) is 25.5 Å². The summed E-state index contributed by atoms with van der Waals surface area (Å²) < 4.78 is 27.2. The first-order chi connectivity index (χ1) is 10.4. The lowest BCUT2D eigenvalue weighted by Gasteiger charge is -2.11. The molecule has 2 rings (SSSR count). The molecular formula is C16H14F2N2O2. The van der Waals surface area contributed by atoms with Crippen LogP contribution < -0.4 is 10.6 Å². The van der Waals surface area contributed by atoms with E-state index < -0.39 is 23.4 Å². The third kappa shape index (κ3) is 3.28. The Morgan fingerprint density at radius 2 is 1.14 bits per heavy atom. The van der Waals surface area contributed by atoms with Gasteiger partial charge in [0, 0.05) is 0 Å². The zero-order valence-corrected chi connectivity index (χ0v) is 12.0. The smallest absolute Gasteiger partial charge is 0.314 e. The summed E-state index contributed by atoms with van der Waals surface area (Å²) >= 11 is 0. The van der Waals surface area contributed by atoms with Crippen molar-refractivity contribution in [3.8, 4) is 0 Å². The molecule has 0 aromatic heterocycles. The molecule has 2 aromatic rings. The summed E-state index contributed by atoms with van der Waals surface area (Å²) in [5.41, 5.74) is 0.798. The SMILES string of the molecule is Cc1cccc(F)c1NC(=O)C(=O)Nc1c(C)cccc1F. The van der Waals surface area contributed by atoms with Crippen molar-refractivity contribution in [3.05, 3.63) is 59.2 Å². The van der Waals surface area contributed by atoms with Gasteiger partial charge < -0.3 is 10.6 Å². The van der Waals surface area contributed by atoms with Crippen LogP contribution >= 0.6 is 0 Å². The van der Waals surface area contributed by atoms with Crippen molar-refractivity contribution in [2.75, 3.05) is 10.6 Å². The predicted octanol–water partition coefficient (Wildman–Crippen LogP) is 3.16. The second kappa shape index (κ2) is 6.34. The largest absolute Gasteiger partial charge is 0.315 e. The number of amides is 2. The molecule has 0 aliphatic carbocycles. The number of hydrogen-bond donors (Lipinski definition) is 2. The van der Waals surface area contributed by atoms with Crippen LogP contribution in [0.2, 0.25) is 0 Å². The van der Waals surface area contributed by atoms with Crippen molar-refractivity contribution in [3.63, 3.8) is 0 Å². The first-order valence-electron chi connectivity index (χ1n) is 6.52. The van der Waals surface area contributed by atoms with Gasteiger partial charge in [0.25, 0.3) is 0 Å². The second-order valence-corrected chi connectivity index (χ2v) is 4.77. The Morgan fingerprint density at radius 3 is 1.45 bits per heavy atom. The number of carbonyl (C=O) groups excluding carboxylic acids is 2. The third-order valence-electron chi connectivity index (χ3n) is 3.13. The monoisotopic (exact) mass is 304 g/mol. The van der Waals surface area contributed by atoms with E-state index in [0.717, 1.165) is 0 Å². The molecule has 0 spiro atoms. The van der Waals surface area contributed by atoms with Crippen molar-refractivity contribution in [1.29, 1.82) is 0 Å². The van der Waals surface area contributed by atoms with Crippen molar-refractivity contribution in [2.24, 2.45) is 0 Å². The fourth-order valence-corrected chi connectivity index (χ4v) is 1.92. The number of carbonyl (C=O) groups is 2. The number of anilines is 2. The maximum absolute atomic E-state index is 13.6. The minimum atomic E-state index is -1.07. The number of benzene rings is 2. The van der Waals surface area contributed by atoms with Gasteiger partial charge in [-0.2, -0.15) is 0 Å². The maximum atomic E-state index is 13.6. The second-order valence-electron chi connectivity index (χ2n) is 4.77. The van der Waals surface area contributed by atoms with Crippen LogP contribution in [-0.4, -0.2) is 11.8 Å². The first-order valence-corrected chi connectivity index (χ1v) is 6.52. The zero-order valence-electron chi connectivity index (χ0n) is 12.0. The molecule has 0 aliphatic heterocycles. The summed E-state index contributed by atoms with van der Waals surface area (Å²) in [6.45, 7) is 3.19. The van der Waals surface area contributed by atoms with Crippen molar-refractivity contribution < 1.29 is 18.4 Å². The van der Waals surface area contributed by atoms with E-state index in [2.05, 4.69) is 10.6 Å². The first kappa shape index (κ1) is 15.6. The molecule has 4 nitrogen and oxygen atoms in total. The summed E-state index contributed by atoms with van der Waals surface area (Å²) in [6.07, 6.45) is 0. The fourth-order valence-electron chi connectivity index (χ4n) is 1.92. The number of aryl methyl sites for hydroxylation is 2. The molecule has 0 heterocycles. The molecule has 6 heteroatoms. The third-order valence-corrected chi connectivity index (χ3v) is 3.13. The van der Waals surface area contributed by atoms with Gasteiger partial charge in [0.2, 0.25) is 0 Å². The molecule has 2 amide bonds. The van der Waals surface area contributed by atoms with Crippen LogP contribution in [0.15, 0.2) is 36.4 Å². The van der Waals surface area contributed by atoms with Crippen molar-refractivity contribution in [1.82, 2.24) is 0 Å². The highest BCUT2D eigenvalue weighted by Gasteiger charge is 2.19.